The highest BCUT2D eigenvalue weighted by atomic mass is 16.6. The lowest BCUT2D eigenvalue weighted by molar-refractivity contribution is -0.384. The monoisotopic (exact) mass is 478 g/mol. The standard InChI is InChI=1S/C26H50N6O2/c27-17-5-1-3-7-19-29-21-9-11-23-31(25-13-15-26(16-14-25)32(33)34)24-12-10-22-30-20-8-4-2-6-18-28/h13-16,29-30H,1-12,17-24,27-28H2. The minimum atomic E-state index is -0.336. The molecular weight excluding hydrogens is 428 g/mol. The van der Waals surface area contributed by atoms with E-state index in [1.54, 1.807) is 12.1 Å². The Kier molecular flexibility index (Phi) is 19.4. The summed E-state index contributed by atoms with van der Waals surface area (Å²) in [6, 6.07) is 7.00. The summed E-state index contributed by atoms with van der Waals surface area (Å²) in [4.78, 5) is 13.0. The van der Waals surface area contributed by atoms with Gasteiger partial charge < -0.3 is 27.0 Å². The summed E-state index contributed by atoms with van der Waals surface area (Å²) in [5.74, 6) is 0. The van der Waals surface area contributed by atoms with Crippen molar-refractivity contribution in [1.29, 1.82) is 0 Å². The maximum Gasteiger partial charge on any atom is 0.269 e. The number of rotatable bonds is 24. The number of unbranched alkanes of at least 4 members (excludes halogenated alkanes) is 8. The molecule has 0 spiro atoms. The van der Waals surface area contributed by atoms with Gasteiger partial charge in [-0.2, -0.15) is 0 Å². The number of nitrogens with two attached hydrogens (primary N) is 2. The smallest absolute Gasteiger partial charge is 0.269 e. The molecule has 196 valence electrons. The summed E-state index contributed by atoms with van der Waals surface area (Å²) in [7, 11) is 0. The van der Waals surface area contributed by atoms with Crippen LogP contribution in [0.1, 0.15) is 77.0 Å². The van der Waals surface area contributed by atoms with Gasteiger partial charge in [-0.25, -0.2) is 0 Å². The van der Waals surface area contributed by atoms with E-state index in [1.165, 1.54) is 38.5 Å². The average molecular weight is 479 g/mol. The number of nitro benzene ring substituents is 1. The second-order valence-corrected chi connectivity index (χ2v) is 9.08. The van der Waals surface area contributed by atoms with E-state index in [0.717, 1.165) is 96.6 Å². The van der Waals surface area contributed by atoms with Crippen molar-refractivity contribution in [3.63, 3.8) is 0 Å². The molecule has 0 saturated carbocycles. The Labute approximate surface area is 207 Å². The van der Waals surface area contributed by atoms with Gasteiger partial charge in [-0.3, -0.25) is 10.1 Å². The van der Waals surface area contributed by atoms with Gasteiger partial charge in [0, 0.05) is 30.9 Å². The second kappa shape index (κ2) is 21.8. The Bertz CT molecular complexity index is 575. The van der Waals surface area contributed by atoms with Gasteiger partial charge >= 0.3 is 0 Å². The number of anilines is 1. The van der Waals surface area contributed by atoms with Crippen LogP contribution < -0.4 is 27.0 Å². The van der Waals surface area contributed by atoms with Crippen molar-refractivity contribution in [1.82, 2.24) is 10.6 Å². The fourth-order valence-electron chi connectivity index (χ4n) is 4.01. The molecule has 34 heavy (non-hydrogen) atoms. The van der Waals surface area contributed by atoms with Crippen LogP contribution in [0, 0.1) is 10.1 Å². The molecule has 0 radical (unpaired) electrons. The third kappa shape index (κ3) is 16.0. The van der Waals surface area contributed by atoms with Crippen molar-refractivity contribution in [2.45, 2.75) is 77.0 Å². The second-order valence-electron chi connectivity index (χ2n) is 9.08. The predicted octanol–water partition coefficient (Wildman–Crippen LogP) is 4.18. The van der Waals surface area contributed by atoms with Gasteiger partial charge in [0.2, 0.25) is 0 Å². The lowest BCUT2D eigenvalue weighted by Crippen LogP contribution is -2.27. The Morgan fingerprint density at radius 2 is 1.06 bits per heavy atom. The first-order valence-electron chi connectivity index (χ1n) is 13.5. The first-order chi connectivity index (χ1) is 16.7. The van der Waals surface area contributed by atoms with Crippen LogP contribution in [-0.4, -0.2) is 57.3 Å². The van der Waals surface area contributed by atoms with Crippen LogP contribution in [0.5, 0.6) is 0 Å². The van der Waals surface area contributed by atoms with Crippen LogP contribution >= 0.6 is 0 Å². The lowest BCUT2D eigenvalue weighted by atomic mass is 10.2. The molecule has 1 rings (SSSR count). The van der Waals surface area contributed by atoms with E-state index in [1.807, 2.05) is 12.1 Å². The minimum Gasteiger partial charge on any atom is -0.372 e. The molecule has 6 N–H and O–H groups in total. The first kappa shape index (κ1) is 30.3. The molecule has 0 unspecified atom stereocenters. The molecular formula is C26H50N6O2. The molecule has 0 aliphatic heterocycles. The number of nitrogens with zero attached hydrogens (tertiary/aromatic N) is 2. The third-order valence-electron chi connectivity index (χ3n) is 6.10. The van der Waals surface area contributed by atoms with Crippen molar-refractivity contribution in [3.05, 3.63) is 34.4 Å². The van der Waals surface area contributed by atoms with Gasteiger partial charge in [-0.15, -0.1) is 0 Å². The highest BCUT2D eigenvalue weighted by Crippen LogP contribution is 2.20. The molecule has 0 aliphatic carbocycles. The molecule has 8 heteroatoms. The molecule has 0 saturated heterocycles. The summed E-state index contributed by atoms with van der Waals surface area (Å²) >= 11 is 0. The molecule has 0 bridgehead atoms. The van der Waals surface area contributed by atoms with Gasteiger partial charge in [0.05, 0.1) is 4.92 Å². The van der Waals surface area contributed by atoms with Crippen LogP contribution in [0.2, 0.25) is 0 Å². The lowest BCUT2D eigenvalue weighted by Gasteiger charge is -2.25. The summed E-state index contributed by atoms with van der Waals surface area (Å²) in [5, 5.41) is 18.1. The third-order valence-corrected chi connectivity index (χ3v) is 6.10. The highest BCUT2D eigenvalue weighted by Gasteiger charge is 2.09. The molecule has 1 aromatic carbocycles. The van der Waals surface area contributed by atoms with Crippen LogP contribution in [0.3, 0.4) is 0 Å². The number of hydrogen-bond acceptors (Lipinski definition) is 7. The highest BCUT2D eigenvalue weighted by molar-refractivity contribution is 5.50. The van der Waals surface area contributed by atoms with E-state index < -0.39 is 0 Å². The largest absolute Gasteiger partial charge is 0.372 e. The zero-order valence-electron chi connectivity index (χ0n) is 21.3. The van der Waals surface area contributed by atoms with Gasteiger partial charge in [-0.05, 0) is 103 Å². The topological polar surface area (TPSA) is 122 Å². The normalized spacial score (nSPS) is 11.1. The average Bonchev–Trinajstić information content (AvgIpc) is 2.85. The fourth-order valence-corrected chi connectivity index (χ4v) is 4.01. The maximum absolute atomic E-state index is 11.0. The van der Waals surface area contributed by atoms with E-state index in [0.29, 0.717) is 0 Å². The molecule has 0 amide bonds. The number of non-ortho nitro benzene ring substituents is 1. The summed E-state index contributed by atoms with van der Waals surface area (Å²) in [6.07, 6.45) is 14.1. The maximum atomic E-state index is 11.0. The Hall–Kier alpha value is -1.74. The van der Waals surface area contributed by atoms with Gasteiger partial charge in [0.15, 0.2) is 0 Å². The van der Waals surface area contributed by atoms with Crippen LogP contribution in [-0.2, 0) is 0 Å². The minimum absolute atomic E-state index is 0.148. The fraction of sp³-hybridized carbons (Fsp3) is 0.769. The number of hydrogen-bond donors (Lipinski definition) is 4. The Morgan fingerprint density at radius 3 is 1.47 bits per heavy atom. The van der Waals surface area contributed by atoms with Crippen LogP contribution in [0.25, 0.3) is 0 Å². The van der Waals surface area contributed by atoms with Crippen molar-refractivity contribution in [2.24, 2.45) is 11.5 Å². The molecule has 0 fully saturated rings. The van der Waals surface area contributed by atoms with Crippen LogP contribution in [0.4, 0.5) is 11.4 Å². The summed E-state index contributed by atoms with van der Waals surface area (Å²) in [6.45, 7) is 7.79. The van der Waals surface area contributed by atoms with Gasteiger partial charge in [0.25, 0.3) is 5.69 Å². The quantitative estimate of drug-likeness (QED) is 0.0998. The molecule has 1 aromatic rings. The molecule has 8 nitrogen and oxygen atoms in total. The van der Waals surface area contributed by atoms with Crippen molar-refractivity contribution >= 4 is 11.4 Å². The van der Waals surface area contributed by atoms with Gasteiger partial charge in [-0.1, -0.05) is 25.7 Å². The number of nitro groups is 1. The molecule has 0 atom stereocenters. The van der Waals surface area contributed by atoms with Crippen LogP contribution in [0.15, 0.2) is 24.3 Å². The predicted molar refractivity (Wildman–Crippen MR) is 145 cm³/mol. The van der Waals surface area contributed by atoms with E-state index in [2.05, 4.69) is 15.5 Å². The molecule has 0 aliphatic rings. The molecule has 0 aromatic heterocycles. The van der Waals surface area contributed by atoms with Crippen molar-refractivity contribution in [3.8, 4) is 0 Å². The van der Waals surface area contributed by atoms with E-state index >= 15 is 0 Å². The number of nitrogens with one attached hydrogen (secondary N) is 2. The SMILES string of the molecule is NCCCCCCNCCCCN(CCCCNCCCCCCN)c1ccc([N+](=O)[O-])cc1. The first-order valence-corrected chi connectivity index (χ1v) is 13.5. The number of benzene rings is 1. The van der Waals surface area contributed by atoms with Crippen molar-refractivity contribution in [2.75, 3.05) is 57.3 Å². The zero-order chi connectivity index (χ0) is 24.7. The Morgan fingerprint density at radius 1 is 0.647 bits per heavy atom. The Balaban J connectivity index is 2.28. The van der Waals surface area contributed by atoms with Gasteiger partial charge in [0.1, 0.15) is 0 Å². The molecule has 0 heterocycles. The van der Waals surface area contributed by atoms with E-state index in [4.69, 9.17) is 11.5 Å². The zero-order valence-corrected chi connectivity index (χ0v) is 21.3. The van der Waals surface area contributed by atoms with Crippen molar-refractivity contribution < 1.29 is 4.92 Å². The van der Waals surface area contributed by atoms with E-state index in [-0.39, 0.29) is 10.6 Å². The summed E-state index contributed by atoms with van der Waals surface area (Å²) in [5.41, 5.74) is 12.3. The van der Waals surface area contributed by atoms with E-state index in [9.17, 15) is 10.1 Å². The summed E-state index contributed by atoms with van der Waals surface area (Å²) < 4.78 is 0.